The van der Waals surface area contributed by atoms with Crippen molar-refractivity contribution in [2.75, 3.05) is 0 Å². The van der Waals surface area contributed by atoms with Crippen LogP contribution in [-0.4, -0.2) is 11.6 Å². The third-order valence-electron chi connectivity index (χ3n) is 2.65. The van der Waals surface area contributed by atoms with Gasteiger partial charge < -0.3 is 0 Å². The van der Waals surface area contributed by atoms with Gasteiger partial charge in [-0.1, -0.05) is 24.3 Å². The Morgan fingerprint density at radius 2 is 1.00 bits per heavy atom. The molecule has 0 amide bonds. The highest BCUT2D eigenvalue weighted by atomic mass is 127. The summed E-state index contributed by atoms with van der Waals surface area (Å²) in [7, 11) is 0. The summed E-state index contributed by atoms with van der Waals surface area (Å²) in [5, 5.41) is 0. The van der Waals surface area contributed by atoms with Crippen LogP contribution in [0.4, 0.5) is 0 Å². The topological polar surface area (TPSA) is 34.1 Å². The van der Waals surface area contributed by atoms with Crippen molar-refractivity contribution in [3.8, 4) is 0 Å². The van der Waals surface area contributed by atoms with Crippen LogP contribution < -0.4 is 0 Å². The minimum absolute atomic E-state index is 0.0822. The average Bonchev–Trinajstić information content (AvgIpc) is 2.40. The van der Waals surface area contributed by atoms with Crippen LogP contribution in [0, 0.1) is 7.14 Å². The Kier molecular flexibility index (Phi) is 5.09. The van der Waals surface area contributed by atoms with Gasteiger partial charge in [-0.15, -0.1) is 0 Å². The van der Waals surface area contributed by atoms with Gasteiger partial charge in [0.15, 0.2) is 11.6 Å². The predicted octanol–water partition coefficient (Wildman–Crippen LogP) is 4.35. The molecule has 0 aliphatic rings. The van der Waals surface area contributed by atoms with Crippen LogP contribution in [0.5, 0.6) is 0 Å². The zero-order valence-corrected chi connectivity index (χ0v) is 14.2. The van der Waals surface area contributed by atoms with Crippen molar-refractivity contribution in [3.05, 3.63) is 66.8 Å². The number of Topliss-reactive ketones (excluding diaryl/α,β-unsaturated/α-hetero) is 2. The fourth-order valence-corrected chi connectivity index (χ4v) is 2.34. The van der Waals surface area contributed by atoms with Gasteiger partial charge in [0.1, 0.15) is 0 Å². The molecular formula is C15H10I2O2. The molecule has 0 heterocycles. The van der Waals surface area contributed by atoms with Crippen molar-refractivity contribution in [1.82, 2.24) is 0 Å². The molecule has 2 aromatic carbocycles. The quantitative estimate of drug-likeness (QED) is 0.374. The Morgan fingerprint density at radius 3 is 1.32 bits per heavy atom. The van der Waals surface area contributed by atoms with E-state index < -0.39 is 0 Å². The molecule has 0 fully saturated rings. The zero-order valence-electron chi connectivity index (χ0n) is 9.90. The monoisotopic (exact) mass is 476 g/mol. The molecule has 0 radical (unpaired) electrons. The van der Waals surface area contributed by atoms with E-state index >= 15 is 0 Å². The molecular weight excluding hydrogens is 466 g/mol. The number of hydrogen-bond acceptors (Lipinski definition) is 2. The molecule has 4 heteroatoms. The second kappa shape index (κ2) is 6.60. The molecule has 0 aliphatic heterocycles. The fraction of sp³-hybridized carbons (Fsp3) is 0.0667. The van der Waals surface area contributed by atoms with Crippen molar-refractivity contribution in [2.24, 2.45) is 0 Å². The van der Waals surface area contributed by atoms with Gasteiger partial charge in [-0.05, 0) is 69.4 Å². The molecule has 2 rings (SSSR count). The molecule has 19 heavy (non-hydrogen) atoms. The number of hydrogen-bond donors (Lipinski definition) is 0. The maximum atomic E-state index is 12.0. The van der Waals surface area contributed by atoms with E-state index in [2.05, 4.69) is 45.2 Å². The van der Waals surface area contributed by atoms with E-state index in [9.17, 15) is 9.59 Å². The van der Waals surface area contributed by atoms with Crippen molar-refractivity contribution in [1.29, 1.82) is 0 Å². The standard InChI is InChI=1S/C15H10I2O2/c16-12-5-1-10(2-6-12)14(18)9-15(19)11-3-7-13(17)8-4-11/h1-8H,9H2. The van der Waals surface area contributed by atoms with Crippen LogP contribution in [0.25, 0.3) is 0 Å². The third kappa shape index (κ3) is 4.10. The summed E-state index contributed by atoms with van der Waals surface area (Å²) in [6.45, 7) is 0. The smallest absolute Gasteiger partial charge is 0.170 e. The van der Waals surface area contributed by atoms with Crippen molar-refractivity contribution in [3.63, 3.8) is 0 Å². The zero-order chi connectivity index (χ0) is 13.8. The lowest BCUT2D eigenvalue weighted by Gasteiger charge is -2.02. The number of halogens is 2. The Balaban J connectivity index is 2.08. The molecule has 0 N–H and O–H groups in total. The van der Waals surface area contributed by atoms with Crippen LogP contribution in [0.1, 0.15) is 27.1 Å². The number of carbonyl (C=O) groups is 2. The molecule has 0 bridgehead atoms. The first-order chi connectivity index (χ1) is 9.06. The molecule has 96 valence electrons. The molecule has 0 saturated heterocycles. The van der Waals surface area contributed by atoms with Gasteiger partial charge in [0.05, 0.1) is 6.42 Å². The summed E-state index contributed by atoms with van der Waals surface area (Å²) in [5.41, 5.74) is 1.17. The van der Waals surface area contributed by atoms with Gasteiger partial charge in [-0.25, -0.2) is 0 Å². The molecule has 0 atom stereocenters. The van der Waals surface area contributed by atoms with Crippen LogP contribution in [0.2, 0.25) is 0 Å². The number of rotatable bonds is 4. The van der Waals surface area contributed by atoms with Gasteiger partial charge in [-0.3, -0.25) is 9.59 Å². The van der Waals surface area contributed by atoms with E-state index in [4.69, 9.17) is 0 Å². The largest absolute Gasteiger partial charge is 0.294 e. The summed E-state index contributed by atoms with van der Waals surface area (Å²) in [4.78, 5) is 24.0. The normalized spacial score (nSPS) is 10.2. The van der Waals surface area contributed by atoms with E-state index in [0.29, 0.717) is 11.1 Å². The van der Waals surface area contributed by atoms with Crippen LogP contribution in [0.15, 0.2) is 48.5 Å². The van der Waals surface area contributed by atoms with E-state index in [-0.39, 0.29) is 18.0 Å². The van der Waals surface area contributed by atoms with Crippen LogP contribution >= 0.6 is 45.2 Å². The predicted molar refractivity (Wildman–Crippen MR) is 91.6 cm³/mol. The molecule has 0 aliphatic carbocycles. The highest BCUT2D eigenvalue weighted by Gasteiger charge is 2.13. The van der Waals surface area contributed by atoms with Gasteiger partial charge in [-0.2, -0.15) is 0 Å². The molecule has 0 saturated carbocycles. The van der Waals surface area contributed by atoms with Gasteiger partial charge in [0.2, 0.25) is 0 Å². The molecule has 0 aromatic heterocycles. The average molecular weight is 476 g/mol. The second-order valence-electron chi connectivity index (χ2n) is 4.04. The highest BCUT2D eigenvalue weighted by Crippen LogP contribution is 2.13. The van der Waals surface area contributed by atoms with E-state index in [1.165, 1.54) is 0 Å². The SMILES string of the molecule is O=C(CC(=O)c1ccc(I)cc1)c1ccc(I)cc1. The summed E-state index contributed by atoms with van der Waals surface area (Å²) in [5.74, 6) is -0.278. The molecule has 2 nitrogen and oxygen atoms in total. The second-order valence-corrected chi connectivity index (χ2v) is 6.53. The fourth-order valence-electron chi connectivity index (χ4n) is 1.62. The first-order valence-electron chi connectivity index (χ1n) is 5.64. The summed E-state index contributed by atoms with van der Waals surface area (Å²) in [6, 6.07) is 14.5. The lowest BCUT2D eigenvalue weighted by Crippen LogP contribution is -2.08. The van der Waals surface area contributed by atoms with E-state index in [0.717, 1.165) is 7.14 Å². The lowest BCUT2D eigenvalue weighted by molar-refractivity contribution is 0.0894. The summed E-state index contributed by atoms with van der Waals surface area (Å²) < 4.78 is 2.14. The Morgan fingerprint density at radius 1 is 0.684 bits per heavy atom. The summed E-state index contributed by atoms with van der Waals surface area (Å²) in [6.07, 6.45) is -0.0822. The lowest BCUT2D eigenvalue weighted by atomic mass is 10.0. The minimum atomic E-state index is -0.139. The van der Waals surface area contributed by atoms with Gasteiger partial charge in [0.25, 0.3) is 0 Å². The van der Waals surface area contributed by atoms with Gasteiger partial charge in [0, 0.05) is 18.3 Å². The minimum Gasteiger partial charge on any atom is -0.294 e. The first kappa shape index (κ1) is 14.6. The Hall–Kier alpha value is -0.760. The third-order valence-corrected chi connectivity index (χ3v) is 4.09. The molecule has 0 spiro atoms. The highest BCUT2D eigenvalue weighted by molar-refractivity contribution is 14.1. The summed E-state index contributed by atoms with van der Waals surface area (Å²) >= 11 is 4.36. The van der Waals surface area contributed by atoms with Gasteiger partial charge >= 0.3 is 0 Å². The number of ketones is 2. The number of benzene rings is 2. The maximum absolute atomic E-state index is 12.0. The van der Waals surface area contributed by atoms with Crippen LogP contribution in [0.3, 0.4) is 0 Å². The Bertz CT molecular complexity index is 546. The molecule has 2 aromatic rings. The maximum Gasteiger partial charge on any atom is 0.170 e. The van der Waals surface area contributed by atoms with Crippen molar-refractivity contribution in [2.45, 2.75) is 6.42 Å². The first-order valence-corrected chi connectivity index (χ1v) is 7.79. The van der Waals surface area contributed by atoms with E-state index in [1.807, 2.05) is 24.3 Å². The Labute approximate surface area is 138 Å². The van der Waals surface area contributed by atoms with Crippen LogP contribution in [-0.2, 0) is 0 Å². The van der Waals surface area contributed by atoms with Crippen molar-refractivity contribution >= 4 is 56.7 Å². The molecule has 0 unspecified atom stereocenters. The van der Waals surface area contributed by atoms with E-state index in [1.54, 1.807) is 24.3 Å². The number of carbonyl (C=O) groups excluding carboxylic acids is 2. The van der Waals surface area contributed by atoms with Crippen molar-refractivity contribution < 1.29 is 9.59 Å².